The van der Waals surface area contributed by atoms with Crippen molar-refractivity contribution in [2.45, 2.75) is 58.3 Å². The summed E-state index contributed by atoms with van der Waals surface area (Å²) in [6, 6.07) is 6.69. The number of thioether (sulfide) groups is 1. The van der Waals surface area contributed by atoms with Crippen LogP contribution >= 0.6 is 11.8 Å². The minimum atomic E-state index is -0.441. The van der Waals surface area contributed by atoms with E-state index in [0.29, 0.717) is 11.1 Å². The Hall–Kier alpha value is -1.55. The van der Waals surface area contributed by atoms with Crippen LogP contribution in [0.2, 0.25) is 0 Å². The van der Waals surface area contributed by atoms with Crippen molar-refractivity contribution < 1.29 is 14.7 Å². The van der Waals surface area contributed by atoms with E-state index in [1.165, 1.54) is 50.3 Å². The molecule has 1 aromatic rings. The van der Waals surface area contributed by atoms with Gasteiger partial charge < -0.3 is 5.11 Å². The highest BCUT2D eigenvalue weighted by Crippen LogP contribution is 2.32. The monoisotopic (exact) mass is 346 g/mol. The van der Waals surface area contributed by atoms with E-state index in [2.05, 4.69) is 6.92 Å². The van der Waals surface area contributed by atoms with Gasteiger partial charge in [0.05, 0.1) is 0 Å². The number of benzene rings is 1. The van der Waals surface area contributed by atoms with Crippen LogP contribution in [0.5, 0.6) is 0 Å². The number of hydrogen-bond acceptors (Lipinski definition) is 4. The number of ketones is 2. The molecule has 0 saturated heterocycles. The molecule has 0 heterocycles. The first-order valence-electron chi connectivity index (χ1n) is 8.91. The summed E-state index contributed by atoms with van der Waals surface area (Å²) >= 11 is 1.31. The highest BCUT2D eigenvalue weighted by Gasteiger charge is 2.31. The summed E-state index contributed by atoms with van der Waals surface area (Å²) in [4.78, 5) is 24.8. The molecule has 1 aliphatic rings. The molecule has 0 atom stereocenters. The molecular formula is C20H26O3S. The summed E-state index contributed by atoms with van der Waals surface area (Å²) in [7, 11) is 0. The lowest BCUT2D eigenvalue weighted by atomic mass is 9.93. The second-order valence-corrected chi connectivity index (χ2v) is 7.31. The first-order chi connectivity index (χ1) is 11.7. The summed E-state index contributed by atoms with van der Waals surface area (Å²) in [5.41, 5.74) is 0.704. The molecule has 1 aromatic carbocycles. The third-order valence-electron chi connectivity index (χ3n) is 4.30. The van der Waals surface area contributed by atoms with Gasteiger partial charge >= 0.3 is 0 Å². The molecule has 0 fully saturated rings. The molecule has 0 radical (unpaired) electrons. The lowest BCUT2D eigenvalue weighted by molar-refractivity contribution is 0.0936. The van der Waals surface area contributed by atoms with Crippen LogP contribution in [0, 0.1) is 0 Å². The van der Waals surface area contributed by atoms with E-state index in [-0.39, 0.29) is 16.4 Å². The minimum Gasteiger partial charge on any atom is -0.503 e. The van der Waals surface area contributed by atoms with Gasteiger partial charge in [0, 0.05) is 11.1 Å². The van der Waals surface area contributed by atoms with Gasteiger partial charge in [0.2, 0.25) is 11.6 Å². The molecule has 0 saturated carbocycles. The predicted octanol–water partition coefficient (Wildman–Crippen LogP) is 5.71. The molecular weight excluding hydrogens is 320 g/mol. The molecule has 3 nitrogen and oxygen atoms in total. The summed E-state index contributed by atoms with van der Waals surface area (Å²) in [5.74, 6) is -0.297. The molecule has 1 aliphatic carbocycles. The van der Waals surface area contributed by atoms with Gasteiger partial charge in [-0.25, -0.2) is 0 Å². The number of allylic oxidation sites excluding steroid dienone is 2. The van der Waals surface area contributed by atoms with E-state index in [9.17, 15) is 14.7 Å². The van der Waals surface area contributed by atoms with Gasteiger partial charge in [0.1, 0.15) is 4.91 Å². The Labute approximate surface area is 148 Å². The molecule has 0 spiro atoms. The van der Waals surface area contributed by atoms with Gasteiger partial charge in [0.15, 0.2) is 5.76 Å². The quantitative estimate of drug-likeness (QED) is 0.551. The molecule has 4 heteroatoms. The van der Waals surface area contributed by atoms with Gasteiger partial charge in [-0.1, -0.05) is 76.1 Å². The third-order valence-corrected chi connectivity index (χ3v) is 5.46. The number of aliphatic hydroxyl groups is 1. The highest BCUT2D eigenvalue weighted by atomic mass is 32.2. The van der Waals surface area contributed by atoms with Crippen LogP contribution in [0.1, 0.15) is 79.0 Å². The second kappa shape index (κ2) is 9.67. The van der Waals surface area contributed by atoms with Crippen LogP contribution in [0.25, 0.3) is 0 Å². The van der Waals surface area contributed by atoms with Crippen molar-refractivity contribution in [1.82, 2.24) is 0 Å². The zero-order valence-electron chi connectivity index (χ0n) is 14.3. The van der Waals surface area contributed by atoms with Crippen LogP contribution in [-0.4, -0.2) is 22.4 Å². The fourth-order valence-electron chi connectivity index (χ4n) is 2.88. The fraction of sp³-hybridized carbons (Fsp3) is 0.500. The van der Waals surface area contributed by atoms with Crippen molar-refractivity contribution in [2.75, 3.05) is 5.75 Å². The van der Waals surface area contributed by atoms with Gasteiger partial charge in [-0.15, -0.1) is 11.8 Å². The normalized spacial score (nSPS) is 14.2. The molecule has 24 heavy (non-hydrogen) atoms. The van der Waals surface area contributed by atoms with Crippen molar-refractivity contribution in [1.29, 1.82) is 0 Å². The zero-order valence-corrected chi connectivity index (χ0v) is 15.2. The van der Waals surface area contributed by atoms with E-state index >= 15 is 0 Å². The first-order valence-corrected chi connectivity index (χ1v) is 9.89. The highest BCUT2D eigenvalue weighted by molar-refractivity contribution is 8.04. The van der Waals surface area contributed by atoms with Gasteiger partial charge in [-0.2, -0.15) is 0 Å². The maximum atomic E-state index is 12.4. The smallest absolute Gasteiger partial charge is 0.229 e. The van der Waals surface area contributed by atoms with E-state index in [1.54, 1.807) is 24.3 Å². The molecule has 0 amide bonds. The topological polar surface area (TPSA) is 54.4 Å². The van der Waals surface area contributed by atoms with Gasteiger partial charge in [0.25, 0.3) is 0 Å². The lowest BCUT2D eigenvalue weighted by Gasteiger charge is -2.16. The predicted molar refractivity (Wildman–Crippen MR) is 99.8 cm³/mol. The second-order valence-electron chi connectivity index (χ2n) is 6.20. The number of rotatable bonds is 10. The van der Waals surface area contributed by atoms with Crippen LogP contribution < -0.4 is 0 Å². The van der Waals surface area contributed by atoms with Crippen LogP contribution in [-0.2, 0) is 0 Å². The van der Waals surface area contributed by atoms with Crippen LogP contribution in [0.3, 0.4) is 0 Å². The van der Waals surface area contributed by atoms with Crippen molar-refractivity contribution in [3.8, 4) is 0 Å². The lowest BCUT2D eigenvalue weighted by Crippen LogP contribution is -2.20. The SMILES string of the molecule is CCCCCCCCCCSC1=C(O)C(=O)c2ccccc2C1=O. The number of carbonyl (C=O) groups excluding carboxylic acids is 2. The summed E-state index contributed by atoms with van der Waals surface area (Å²) in [6.45, 7) is 2.22. The number of aliphatic hydroxyl groups excluding tert-OH is 1. The Morgan fingerprint density at radius 2 is 1.38 bits per heavy atom. The maximum absolute atomic E-state index is 12.4. The van der Waals surface area contributed by atoms with E-state index < -0.39 is 5.78 Å². The fourth-order valence-corrected chi connectivity index (χ4v) is 3.91. The Kier molecular flexibility index (Phi) is 7.57. The summed E-state index contributed by atoms with van der Waals surface area (Å²) in [5, 5.41) is 10.1. The number of Topliss-reactive ketones (excluding diaryl/α,β-unsaturated/α-hetero) is 2. The standard InChI is InChI=1S/C20H26O3S/c1-2-3-4-5-6-7-8-11-14-24-20-18(22)16-13-10-9-12-15(16)17(21)19(20)23/h9-10,12-13,23H,2-8,11,14H2,1H3. The maximum Gasteiger partial charge on any atom is 0.229 e. The molecule has 130 valence electrons. The van der Waals surface area contributed by atoms with Crippen molar-refractivity contribution in [2.24, 2.45) is 0 Å². The van der Waals surface area contributed by atoms with Gasteiger partial charge in [-0.3, -0.25) is 9.59 Å². The number of hydrogen-bond donors (Lipinski definition) is 1. The molecule has 2 rings (SSSR count). The Bertz CT molecular complexity index is 619. The van der Waals surface area contributed by atoms with Crippen LogP contribution in [0.4, 0.5) is 0 Å². The molecule has 0 unspecified atom stereocenters. The molecule has 0 bridgehead atoms. The largest absolute Gasteiger partial charge is 0.503 e. The minimum absolute atomic E-state index is 0.210. The Morgan fingerprint density at radius 1 is 0.833 bits per heavy atom. The number of carbonyl (C=O) groups is 2. The average molecular weight is 346 g/mol. The number of fused-ring (bicyclic) bond motifs is 1. The third kappa shape index (κ3) is 4.73. The number of unbranched alkanes of at least 4 members (excludes halogenated alkanes) is 7. The van der Waals surface area contributed by atoms with Gasteiger partial charge in [-0.05, 0) is 12.2 Å². The van der Waals surface area contributed by atoms with Crippen molar-refractivity contribution in [3.63, 3.8) is 0 Å². The molecule has 0 aliphatic heterocycles. The van der Waals surface area contributed by atoms with E-state index in [4.69, 9.17) is 0 Å². The Morgan fingerprint density at radius 3 is 2.00 bits per heavy atom. The molecule has 1 N–H and O–H groups in total. The van der Waals surface area contributed by atoms with Crippen LogP contribution in [0.15, 0.2) is 34.9 Å². The molecule has 0 aromatic heterocycles. The zero-order chi connectivity index (χ0) is 17.4. The first kappa shape index (κ1) is 18.8. The van der Waals surface area contributed by atoms with Crippen molar-refractivity contribution in [3.05, 3.63) is 46.1 Å². The van der Waals surface area contributed by atoms with Crippen molar-refractivity contribution >= 4 is 23.3 Å². The van der Waals surface area contributed by atoms with E-state index in [0.717, 1.165) is 18.6 Å². The Balaban J connectivity index is 1.78. The van der Waals surface area contributed by atoms with E-state index in [1.807, 2.05) is 0 Å². The summed E-state index contributed by atoms with van der Waals surface area (Å²) in [6.07, 6.45) is 9.82. The summed E-state index contributed by atoms with van der Waals surface area (Å²) < 4.78 is 0. The average Bonchev–Trinajstić information content (AvgIpc) is 2.61.